The second-order valence-corrected chi connectivity index (χ2v) is 5.92. The number of carbonyl (C=O) groups is 2. The first-order chi connectivity index (χ1) is 12.0. The standard InChI is InChI=1S/C17H22FN5O2/c1-12(24)22-13-4-3-9-23(11-13)17(25)21-8-7-20-16-6-2-5-15(18)14(16)10-19/h2,5-6,13,20H,3-4,7-9,11H2,1H3,(H,21,25)(H,22,24). The Morgan fingerprint density at radius 3 is 2.92 bits per heavy atom. The zero-order chi connectivity index (χ0) is 18.2. The van der Waals surface area contributed by atoms with Crippen LogP contribution in [0, 0.1) is 17.1 Å². The molecule has 0 saturated carbocycles. The number of piperidine rings is 1. The zero-order valence-corrected chi connectivity index (χ0v) is 14.1. The Labute approximate surface area is 146 Å². The van der Waals surface area contributed by atoms with E-state index in [2.05, 4.69) is 16.0 Å². The van der Waals surface area contributed by atoms with Crippen LogP contribution in [-0.2, 0) is 4.79 Å². The highest BCUT2D eigenvalue weighted by Gasteiger charge is 2.23. The molecule has 1 atom stereocenters. The molecule has 1 aromatic rings. The molecule has 134 valence electrons. The summed E-state index contributed by atoms with van der Waals surface area (Å²) in [6, 6.07) is 5.97. The van der Waals surface area contributed by atoms with Crippen LogP contribution in [0.5, 0.6) is 0 Å². The first-order valence-corrected chi connectivity index (χ1v) is 8.23. The fraction of sp³-hybridized carbons (Fsp3) is 0.471. The summed E-state index contributed by atoms with van der Waals surface area (Å²) < 4.78 is 13.5. The number of carbonyl (C=O) groups excluding carboxylic acids is 2. The molecule has 0 spiro atoms. The Kier molecular flexibility index (Phi) is 6.57. The third kappa shape index (κ3) is 5.35. The molecule has 3 N–H and O–H groups in total. The highest BCUT2D eigenvalue weighted by atomic mass is 19.1. The molecule has 25 heavy (non-hydrogen) atoms. The maximum atomic E-state index is 13.5. The Balaban J connectivity index is 1.76. The van der Waals surface area contributed by atoms with Gasteiger partial charge in [-0.3, -0.25) is 4.79 Å². The van der Waals surface area contributed by atoms with Gasteiger partial charge in [-0.2, -0.15) is 5.26 Å². The highest BCUT2D eigenvalue weighted by molar-refractivity contribution is 5.75. The topological polar surface area (TPSA) is 97.3 Å². The van der Waals surface area contributed by atoms with Gasteiger partial charge < -0.3 is 20.9 Å². The second-order valence-electron chi connectivity index (χ2n) is 5.92. The third-order valence-corrected chi connectivity index (χ3v) is 3.96. The summed E-state index contributed by atoms with van der Waals surface area (Å²) in [4.78, 5) is 25.0. The van der Waals surface area contributed by atoms with Gasteiger partial charge in [0, 0.05) is 39.1 Å². The van der Waals surface area contributed by atoms with Crippen LogP contribution in [0.1, 0.15) is 25.3 Å². The lowest BCUT2D eigenvalue weighted by Crippen LogP contribution is -2.52. The Hall–Kier alpha value is -2.82. The van der Waals surface area contributed by atoms with Gasteiger partial charge in [0.15, 0.2) is 0 Å². The number of amides is 3. The van der Waals surface area contributed by atoms with Crippen molar-refractivity contribution < 1.29 is 14.0 Å². The van der Waals surface area contributed by atoms with Crippen molar-refractivity contribution >= 4 is 17.6 Å². The van der Waals surface area contributed by atoms with Gasteiger partial charge in [0.25, 0.3) is 0 Å². The molecule has 1 heterocycles. The number of likely N-dealkylation sites (tertiary alicyclic amines) is 1. The van der Waals surface area contributed by atoms with E-state index in [0.29, 0.717) is 31.9 Å². The third-order valence-electron chi connectivity index (χ3n) is 3.96. The lowest BCUT2D eigenvalue weighted by molar-refractivity contribution is -0.119. The van der Waals surface area contributed by atoms with Crippen molar-refractivity contribution in [3.05, 3.63) is 29.6 Å². The van der Waals surface area contributed by atoms with Crippen molar-refractivity contribution in [2.24, 2.45) is 0 Å². The fourth-order valence-corrected chi connectivity index (χ4v) is 2.83. The first-order valence-electron chi connectivity index (χ1n) is 8.23. The number of nitriles is 1. The summed E-state index contributed by atoms with van der Waals surface area (Å²) in [5.74, 6) is -0.672. The summed E-state index contributed by atoms with van der Waals surface area (Å²) in [5, 5.41) is 17.5. The van der Waals surface area contributed by atoms with Crippen LogP contribution in [0.25, 0.3) is 0 Å². The number of nitrogens with zero attached hydrogens (tertiary/aromatic N) is 2. The van der Waals surface area contributed by atoms with Crippen LogP contribution in [0.2, 0.25) is 0 Å². The molecule has 7 nitrogen and oxygen atoms in total. The van der Waals surface area contributed by atoms with Crippen LogP contribution in [-0.4, -0.2) is 49.1 Å². The fourth-order valence-electron chi connectivity index (χ4n) is 2.83. The zero-order valence-electron chi connectivity index (χ0n) is 14.1. The van der Waals surface area contributed by atoms with Crippen molar-refractivity contribution in [3.8, 4) is 6.07 Å². The molecule has 0 aromatic heterocycles. The van der Waals surface area contributed by atoms with Gasteiger partial charge in [0.1, 0.15) is 17.4 Å². The Morgan fingerprint density at radius 1 is 1.40 bits per heavy atom. The summed E-state index contributed by atoms with van der Waals surface area (Å²) in [6.07, 6.45) is 1.70. The number of benzene rings is 1. The molecule has 0 radical (unpaired) electrons. The average Bonchev–Trinajstić information content (AvgIpc) is 2.58. The molecule has 3 amide bonds. The van der Waals surface area contributed by atoms with E-state index >= 15 is 0 Å². The summed E-state index contributed by atoms with van der Waals surface area (Å²) in [6.45, 7) is 3.31. The van der Waals surface area contributed by atoms with Crippen LogP contribution >= 0.6 is 0 Å². The second kappa shape index (κ2) is 8.87. The van der Waals surface area contributed by atoms with Crippen LogP contribution in [0.15, 0.2) is 18.2 Å². The van der Waals surface area contributed by atoms with E-state index in [1.807, 2.05) is 6.07 Å². The van der Waals surface area contributed by atoms with Crippen molar-refractivity contribution in [2.45, 2.75) is 25.8 Å². The van der Waals surface area contributed by atoms with Gasteiger partial charge in [-0.15, -0.1) is 0 Å². The van der Waals surface area contributed by atoms with E-state index < -0.39 is 5.82 Å². The number of nitrogens with one attached hydrogen (secondary N) is 3. The molecule has 1 fully saturated rings. The molecule has 0 bridgehead atoms. The van der Waals surface area contributed by atoms with E-state index in [4.69, 9.17) is 5.26 Å². The van der Waals surface area contributed by atoms with Crippen molar-refractivity contribution in [1.82, 2.24) is 15.5 Å². The molecule has 1 aliphatic rings. The first kappa shape index (κ1) is 18.5. The predicted molar refractivity (Wildman–Crippen MR) is 91.4 cm³/mol. The number of urea groups is 1. The van der Waals surface area contributed by atoms with Gasteiger partial charge in [0.05, 0.1) is 5.69 Å². The van der Waals surface area contributed by atoms with Crippen LogP contribution < -0.4 is 16.0 Å². The predicted octanol–water partition coefficient (Wildman–Crippen LogP) is 1.42. The van der Waals surface area contributed by atoms with E-state index in [9.17, 15) is 14.0 Å². The average molecular weight is 347 g/mol. The Morgan fingerprint density at radius 2 is 2.20 bits per heavy atom. The largest absolute Gasteiger partial charge is 0.382 e. The molecule has 1 saturated heterocycles. The van der Waals surface area contributed by atoms with Gasteiger partial charge >= 0.3 is 6.03 Å². The normalized spacial score (nSPS) is 16.7. The minimum absolute atomic E-state index is 0.0133. The van der Waals surface area contributed by atoms with Crippen molar-refractivity contribution in [1.29, 1.82) is 5.26 Å². The maximum absolute atomic E-state index is 13.5. The summed E-state index contributed by atoms with van der Waals surface area (Å²) >= 11 is 0. The van der Waals surface area contributed by atoms with E-state index in [1.54, 1.807) is 11.0 Å². The number of halogens is 1. The molecule has 2 rings (SSSR count). The highest BCUT2D eigenvalue weighted by Crippen LogP contribution is 2.17. The molecule has 8 heteroatoms. The quantitative estimate of drug-likeness (QED) is 0.702. The smallest absolute Gasteiger partial charge is 0.317 e. The minimum Gasteiger partial charge on any atom is -0.382 e. The minimum atomic E-state index is -0.575. The molecular weight excluding hydrogens is 325 g/mol. The van der Waals surface area contributed by atoms with E-state index in [1.165, 1.54) is 19.1 Å². The SMILES string of the molecule is CC(=O)NC1CCCN(C(=O)NCCNc2cccc(F)c2C#N)C1. The van der Waals surface area contributed by atoms with Crippen LogP contribution in [0.3, 0.4) is 0 Å². The van der Waals surface area contributed by atoms with Gasteiger partial charge in [0.2, 0.25) is 5.91 Å². The van der Waals surface area contributed by atoms with Crippen molar-refractivity contribution in [2.75, 3.05) is 31.5 Å². The molecular formula is C17H22FN5O2. The lowest BCUT2D eigenvalue weighted by atomic mass is 10.1. The molecule has 1 aliphatic heterocycles. The summed E-state index contributed by atoms with van der Waals surface area (Å²) in [7, 11) is 0. The maximum Gasteiger partial charge on any atom is 0.317 e. The van der Waals surface area contributed by atoms with E-state index in [-0.39, 0.29) is 23.5 Å². The van der Waals surface area contributed by atoms with Crippen LogP contribution in [0.4, 0.5) is 14.9 Å². The number of hydrogen-bond donors (Lipinski definition) is 3. The van der Waals surface area contributed by atoms with Crippen molar-refractivity contribution in [3.63, 3.8) is 0 Å². The Bertz CT molecular complexity index is 673. The summed E-state index contributed by atoms with van der Waals surface area (Å²) in [5.41, 5.74) is 0.364. The van der Waals surface area contributed by atoms with E-state index in [0.717, 1.165) is 12.8 Å². The van der Waals surface area contributed by atoms with Gasteiger partial charge in [-0.1, -0.05) is 6.07 Å². The molecule has 0 aliphatic carbocycles. The van der Waals surface area contributed by atoms with Gasteiger partial charge in [-0.05, 0) is 25.0 Å². The van der Waals surface area contributed by atoms with Gasteiger partial charge in [-0.25, -0.2) is 9.18 Å². The number of hydrogen-bond acceptors (Lipinski definition) is 4. The lowest BCUT2D eigenvalue weighted by Gasteiger charge is -2.33. The number of rotatable bonds is 5. The number of anilines is 1. The monoisotopic (exact) mass is 347 g/mol. The molecule has 1 unspecified atom stereocenters. The molecule has 1 aromatic carbocycles.